The molecular formula is C48H45N9O9S2. The van der Waals surface area contributed by atoms with Crippen LogP contribution in [0.25, 0.3) is 10.8 Å². The van der Waals surface area contributed by atoms with Crippen molar-refractivity contribution in [1.29, 1.82) is 0 Å². The minimum atomic E-state index is -4.57. The van der Waals surface area contributed by atoms with Crippen LogP contribution in [0.15, 0.2) is 167 Å². The summed E-state index contributed by atoms with van der Waals surface area (Å²) in [5, 5.41) is 50.8. The van der Waals surface area contributed by atoms with Crippen molar-refractivity contribution in [3.05, 3.63) is 144 Å². The molecule has 0 aliphatic carbocycles. The van der Waals surface area contributed by atoms with Crippen molar-refractivity contribution in [1.82, 2.24) is 0 Å². The lowest BCUT2D eigenvalue weighted by molar-refractivity contribution is 0.317. The number of azo groups is 4. The van der Waals surface area contributed by atoms with Gasteiger partial charge in [-0.1, -0.05) is 18.2 Å². The molecule has 7 rings (SSSR count). The van der Waals surface area contributed by atoms with Gasteiger partial charge in [-0.25, -0.2) is 0 Å². The molecule has 7 aromatic carbocycles. The maximum absolute atomic E-state index is 11.9. The average molecular weight is 956 g/mol. The second-order valence-electron chi connectivity index (χ2n) is 15.5. The van der Waals surface area contributed by atoms with Crippen molar-refractivity contribution in [3.8, 4) is 17.2 Å². The van der Waals surface area contributed by atoms with Gasteiger partial charge in [0.1, 0.15) is 33.5 Å². The van der Waals surface area contributed by atoms with Gasteiger partial charge in [0.05, 0.1) is 47.9 Å². The first-order valence-corrected chi connectivity index (χ1v) is 23.8. The fourth-order valence-corrected chi connectivity index (χ4v) is 7.80. The molecule has 0 saturated heterocycles. The topological polar surface area (TPSA) is 258 Å². The van der Waals surface area contributed by atoms with Gasteiger partial charge < -0.3 is 19.9 Å². The minimum absolute atomic E-state index is 0.0185. The third kappa shape index (κ3) is 12.4. The summed E-state index contributed by atoms with van der Waals surface area (Å²) in [6, 6.07) is 34.5. The van der Waals surface area contributed by atoms with Crippen LogP contribution in [-0.4, -0.2) is 50.5 Å². The van der Waals surface area contributed by atoms with Gasteiger partial charge in [-0.2, -0.15) is 42.4 Å². The van der Waals surface area contributed by atoms with Crippen LogP contribution in [-0.2, 0) is 20.2 Å². The molecule has 0 atom stereocenters. The van der Waals surface area contributed by atoms with E-state index in [1.54, 1.807) is 44.4 Å². The number of ether oxygens (including phenoxy) is 2. The molecule has 348 valence electrons. The van der Waals surface area contributed by atoms with E-state index in [2.05, 4.69) is 46.2 Å². The van der Waals surface area contributed by atoms with Crippen molar-refractivity contribution in [2.45, 2.75) is 39.0 Å². The number of phenols is 1. The van der Waals surface area contributed by atoms with E-state index in [0.29, 0.717) is 39.4 Å². The van der Waals surface area contributed by atoms with Crippen LogP contribution in [0.2, 0.25) is 0 Å². The molecule has 0 unspecified atom stereocenters. The summed E-state index contributed by atoms with van der Waals surface area (Å²) in [6.45, 7) is 7.21. The summed E-state index contributed by atoms with van der Waals surface area (Å²) in [5.41, 5.74) is 7.71. The summed E-state index contributed by atoms with van der Waals surface area (Å²) in [4.78, 5) is -0.424. The fraction of sp³-hybridized carbons (Fsp3) is 0.167. The molecule has 20 heteroatoms. The molecule has 18 nitrogen and oxygen atoms in total. The van der Waals surface area contributed by atoms with Gasteiger partial charge in [0.25, 0.3) is 20.2 Å². The van der Waals surface area contributed by atoms with Crippen LogP contribution < -0.4 is 14.8 Å². The van der Waals surface area contributed by atoms with Gasteiger partial charge in [0, 0.05) is 22.8 Å². The normalized spacial score (nSPS) is 12.3. The van der Waals surface area contributed by atoms with Crippen LogP contribution in [0.5, 0.6) is 17.2 Å². The van der Waals surface area contributed by atoms with Crippen molar-refractivity contribution >= 4 is 87.9 Å². The SMILES string of the molecule is COc1ccc(Nc2ccc3c(O)c(N=Nc4cc(C)c(N=Nc5ccc(N=Nc6cc(C)c(N=Nc7ccccc7S(=O)(=O)O)cc6OCCCS(=O)(=O)O)c(C)c5)cc4C)ccc3c2)cc1. The standard InChI is InChI=1S/C48H45N9O9S2/c1-29-23-36(15-20-39(29)51-57-45-26-32(4)44(28-46(45)66-21-8-22-67(59,60)61)56-52-40-9-6-7-10-47(40)68(62,63)64)50-54-42-24-31(3)43(25-30(42)2)55-53-41-19-11-33-27-35(14-18-38(33)48(41)58)49-34-12-16-37(65-5)17-13-34/h6-7,9-20,23-28,49,58H,8,21-22H2,1-5H3,(H,59,60,61)(H,62,63,64). The maximum atomic E-state index is 11.9. The zero-order valence-electron chi connectivity index (χ0n) is 37.4. The first-order chi connectivity index (χ1) is 32.4. The number of phenolic OH excluding ortho intramolecular Hbond substituents is 1. The molecule has 68 heavy (non-hydrogen) atoms. The number of aryl methyl sites for hydroxylation is 4. The third-order valence-corrected chi connectivity index (χ3v) is 12.0. The molecule has 0 aliphatic heterocycles. The van der Waals surface area contributed by atoms with Crippen molar-refractivity contribution in [2.75, 3.05) is 24.8 Å². The monoisotopic (exact) mass is 955 g/mol. The van der Waals surface area contributed by atoms with Gasteiger partial charge in [0.2, 0.25) is 0 Å². The van der Waals surface area contributed by atoms with E-state index in [1.807, 2.05) is 81.4 Å². The van der Waals surface area contributed by atoms with Gasteiger partial charge in [-0.05, 0) is 159 Å². The Kier molecular flexibility index (Phi) is 14.7. The highest BCUT2D eigenvalue weighted by molar-refractivity contribution is 7.86. The Balaban J connectivity index is 1.05. The van der Waals surface area contributed by atoms with E-state index in [1.165, 1.54) is 30.3 Å². The van der Waals surface area contributed by atoms with E-state index in [-0.39, 0.29) is 41.6 Å². The Morgan fingerprint density at radius 3 is 1.76 bits per heavy atom. The number of hydrogen-bond acceptors (Lipinski definition) is 16. The van der Waals surface area contributed by atoms with Gasteiger partial charge in [-0.15, -0.1) is 15.3 Å². The predicted molar refractivity (Wildman–Crippen MR) is 260 cm³/mol. The number of fused-ring (bicyclic) bond motifs is 1. The first-order valence-electron chi connectivity index (χ1n) is 20.8. The maximum Gasteiger partial charge on any atom is 0.296 e. The summed E-state index contributed by atoms with van der Waals surface area (Å²) in [7, 11) is -7.17. The first kappa shape index (κ1) is 48.2. The fourth-order valence-electron chi connectivity index (χ4n) is 6.70. The summed E-state index contributed by atoms with van der Waals surface area (Å²) >= 11 is 0. The number of nitrogens with one attached hydrogen (secondary N) is 1. The Morgan fingerprint density at radius 2 is 1.10 bits per heavy atom. The Morgan fingerprint density at radius 1 is 0.544 bits per heavy atom. The van der Waals surface area contributed by atoms with Gasteiger partial charge in [-0.3, -0.25) is 9.11 Å². The van der Waals surface area contributed by atoms with E-state index in [0.717, 1.165) is 39.2 Å². The smallest absolute Gasteiger partial charge is 0.296 e. The molecule has 0 aromatic heterocycles. The lowest BCUT2D eigenvalue weighted by atomic mass is 10.1. The molecule has 7 aromatic rings. The lowest BCUT2D eigenvalue weighted by Crippen LogP contribution is -2.08. The largest absolute Gasteiger partial charge is 0.505 e. The number of methoxy groups -OCH3 is 1. The van der Waals surface area contributed by atoms with E-state index >= 15 is 0 Å². The molecule has 0 amide bonds. The minimum Gasteiger partial charge on any atom is -0.505 e. The second kappa shape index (κ2) is 20.8. The number of rotatable bonds is 17. The lowest BCUT2D eigenvalue weighted by Gasteiger charge is -2.11. The number of hydrogen-bond donors (Lipinski definition) is 4. The van der Waals surface area contributed by atoms with Gasteiger partial charge in [0.15, 0.2) is 5.75 Å². The molecule has 0 bridgehead atoms. The predicted octanol–water partition coefficient (Wildman–Crippen LogP) is 14.1. The molecular weight excluding hydrogens is 911 g/mol. The number of aromatic hydroxyl groups is 1. The Labute approximate surface area is 392 Å². The number of benzene rings is 7. The average Bonchev–Trinajstić information content (AvgIpc) is 3.30. The van der Waals surface area contributed by atoms with Crippen molar-refractivity contribution in [3.63, 3.8) is 0 Å². The van der Waals surface area contributed by atoms with E-state index < -0.39 is 30.9 Å². The van der Waals surface area contributed by atoms with Crippen LogP contribution in [0.1, 0.15) is 28.7 Å². The molecule has 0 heterocycles. The molecule has 0 spiro atoms. The number of anilines is 2. The van der Waals surface area contributed by atoms with Crippen LogP contribution in [0, 0.1) is 27.7 Å². The van der Waals surface area contributed by atoms with Crippen molar-refractivity contribution < 1.29 is 40.5 Å². The highest BCUT2D eigenvalue weighted by atomic mass is 32.2. The third-order valence-electron chi connectivity index (χ3n) is 10.3. The quantitative estimate of drug-likeness (QED) is 0.0381. The second-order valence-corrected chi connectivity index (χ2v) is 18.4. The van der Waals surface area contributed by atoms with Crippen LogP contribution in [0.4, 0.5) is 56.9 Å². The van der Waals surface area contributed by atoms with Crippen LogP contribution in [0.3, 0.4) is 0 Å². The molecule has 4 N–H and O–H groups in total. The zero-order chi connectivity index (χ0) is 48.6. The highest BCUT2D eigenvalue weighted by Crippen LogP contribution is 2.40. The molecule has 0 fully saturated rings. The molecule has 0 aliphatic rings. The molecule has 0 saturated carbocycles. The highest BCUT2D eigenvalue weighted by Gasteiger charge is 2.16. The van der Waals surface area contributed by atoms with Crippen molar-refractivity contribution in [2.24, 2.45) is 40.9 Å². The summed E-state index contributed by atoms with van der Waals surface area (Å²) < 4.78 is 76.2. The Bertz CT molecular complexity index is 3380. The summed E-state index contributed by atoms with van der Waals surface area (Å²) in [5.74, 6) is 0.418. The Hall–Kier alpha value is -7.78. The summed E-state index contributed by atoms with van der Waals surface area (Å²) in [6.07, 6.45) is -0.0313. The molecule has 0 radical (unpaired) electrons. The van der Waals surface area contributed by atoms with Gasteiger partial charge >= 0.3 is 0 Å². The van der Waals surface area contributed by atoms with E-state index in [9.17, 15) is 31.0 Å². The number of nitrogens with zero attached hydrogens (tertiary/aromatic N) is 8. The van der Waals surface area contributed by atoms with Crippen LogP contribution >= 0.6 is 0 Å². The van der Waals surface area contributed by atoms with E-state index in [4.69, 9.17) is 9.47 Å². The zero-order valence-corrected chi connectivity index (χ0v) is 39.0.